The number of aromatic nitrogens is 1. The van der Waals surface area contributed by atoms with Crippen LogP contribution in [0.3, 0.4) is 0 Å². The number of amides is 2. The van der Waals surface area contributed by atoms with Crippen LogP contribution in [0.5, 0.6) is 0 Å². The van der Waals surface area contributed by atoms with Gasteiger partial charge in [-0.25, -0.2) is 4.98 Å². The SMILES string of the molecule is CC(C)C(=O)Nc1ccc(NC(=O)/C=C/c2nc3ccccc3s2)cc1. The zero-order valence-corrected chi connectivity index (χ0v) is 15.3. The average molecular weight is 365 g/mol. The van der Waals surface area contributed by atoms with Gasteiger partial charge in [-0.05, 0) is 42.5 Å². The first-order valence-corrected chi connectivity index (χ1v) is 9.08. The number of carbonyl (C=O) groups is 2. The number of fused-ring (bicyclic) bond motifs is 1. The number of hydrogen-bond acceptors (Lipinski definition) is 4. The number of benzene rings is 2. The van der Waals surface area contributed by atoms with Crippen molar-refractivity contribution in [3.05, 3.63) is 59.6 Å². The maximum atomic E-state index is 12.1. The Morgan fingerprint density at radius 2 is 1.65 bits per heavy atom. The third-order valence-corrected chi connectivity index (χ3v) is 4.63. The van der Waals surface area contributed by atoms with E-state index in [2.05, 4.69) is 15.6 Å². The van der Waals surface area contributed by atoms with Crippen molar-refractivity contribution in [1.82, 2.24) is 4.98 Å². The number of hydrogen-bond donors (Lipinski definition) is 2. The lowest BCUT2D eigenvalue weighted by Gasteiger charge is -2.08. The first kappa shape index (κ1) is 17.8. The molecular weight excluding hydrogens is 346 g/mol. The Kier molecular flexibility index (Phi) is 5.43. The summed E-state index contributed by atoms with van der Waals surface area (Å²) in [6.45, 7) is 3.67. The minimum atomic E-state index is -0.233. The number of nitrogens with one attached hydrogen (secondary N) is 2. The van der Waals surface area contributed by atoms with E-state index in [0.717, 1.165) is 15.2 Å². The summed E-state index contributed by atoms with van der Waals surface area (Å²) in [5, 5.41) is 6.38. The van der Waals surface area contributed by atoms with E-state index in [0.29, 0.717) is 11.4 Å². The molecular formula is C20H19N3O2S. The van der Waals surface area contributed by atoms with Crippen molar-refractivity contribution in [2.45, 2.75) is 13.8 Å². The lowest BCUT2D eigenvalue weighted by Crippen LogP contribution is -2.17. The first-order valence-electron chi connectivity index (χ1n) is 8.27. The lowest BCUT2D eigenvalue weighted by atomic mass is 10.2. The Hall–Kier alpha value is -2.99. The van der Waals surface area contributed by atoms with Gasteiger partial charge in [0.25, 0.3) is 0 Å². The highest BCUT2D eigenvalue weighted by molar-refractivity contribution is 7.19. The predicted octanol–water partition coefficient (Wildman–Crippen LogP) is 4.54. The molecule has 0 fully saturated rings. The molecule has 2 amide bonds. The van der Waals surface area contributed by atoms with E-state index in [-0.39, 0.29) is 17.7 Å². The molecule has 2 N–H and O–H groups in total. The highest BCUT2D eigenvalue weighted by Gasteiger charge is 2.07. The molecule has 3 aromatic rings. The number of carbonyl (C=O) groups excluding carboxylic acids is 2. The molecule has 0 saturated heterocycles. The Bertz CT molecular complexity index is 926. The fourth-order valence-electron chi connectivity index (χ4n) is 2.22. The molecule has 3 rings (SSSR count). The summed E-state index contributed by atoms with van der Waals surface area (Å²) in [6, 6.07) is 14.9. The van der Waals surface area contributed by atoms with Gasteiger partial charge in [-0.15, -0.1) is 11.3 Å². The smallest absolute Gasteiger partial charge is 0.248 e. The normalized spacial score (nSPS) is 11.2. The van der Waals surface area contributed by atoms with Gasteiger partial charge in [-0.3, -0.25) is 9.59 Å². The number of nitrogens with zero attached hydrogens (tertiary/aromatic N) is 1. The fourth-order valence-corrected chi connectivity index (χ4v) is 3.09. The van der Waals surface area contributed by atoms with Crippen LogP contribution < -0.4 is 10.6 Å². The molecule has 0 aliphatic carbocycles. The molecule has 0 saturated carbocycles. The van der Waals surface area contributed by atoms with Gasteiger partial charge in [0, 0.05) is 23.4 Å². The van der Waals surface area contributed by atoms with E-state index in [4.69, 9.17) is 0 Å². The average Bonchev–Trinajstić information content (AvgIpc) is 3.04. The molecule has 6 heteroatoms. The van der Waals surface area contributed by atoms with E-state index in [9.17, 15) is 9.59 Å². The second-order valence-electron chi connectivity index (χ2n) is 6.06. The summed E-state index contributed by atoms with van der Waals surface area (Å²) >= 11 is 1.54. The monoisotopic (exact) mass is 365 g/mol. The van der Waals surface area contributed by atoms with Crippen LogP contribution in [0.15, 0.2) is 54.6 Å². The van der Waals surface area contributed by atoms with E-state index in [1.807, 2.05) is 38.1 Å². The zero-order valence-electron chi connectivity index (χ0n) is 14.5. The van der Waals surface area contributed by atoms with Crippen molar-refractivity contribution < 1.29 is 9.59 Å². The number of anilines is 2. The molecule has 0 unspecified atom stereocenters. The molecule has 5 nitrogen and oxygen atoms in total. The first-order chi connectivity index (χ1) is 12.5. The van der Waals surface area contributed by atoms with E-state index in [1.54, 1.807) is 30.3 Å². The second kappa shape index (κ2) is 7.93. The largest absolute Gasteiger partial charge is 0.326 e. The minimum Gasteiger partial charge on any atom is -0.326 e. The van der Waals surface area contributed by atoms with Crippen molar-refractivity contribution in [2.75, 3.05) is 10.6 Å². The number of para-hydroxylation sites is 1. The van der Waals surface area contributed by atoms with Crippen LogP contribution in [0, 0.1) is 5.92 Å². The maximum Gasteiger partial charge on any atom is 0.248 e. The van der Waals surface area contributed by atoms with E-state index in [1.165, 1.54) is 17.4 Å². The number of thiazole rings is 1. The molecule has 0 spiro atoms. The molecule has 0 aliphatic rings. The molecule has 0 radical (unpaired) electrons. The standard InChI is InChI=1S/C20H19N3O2S/c1-13(2)20(25)22-15-9-7-14(8-10-15)21-18(24)11-12-19-23-16-5-3-4-6-17(16)26-19/h3-13H,1-2H3,(H,21,24)(H,22,25)/b12-11+. The predicted molar refractivity (Wildman–Crippen MR) is 107 cm³/mol. The molecule has 132 valence electrons. The molecule has 26 heavy (non-hydrogen) atoms. The molecule has 1 aromatic heterocycles. The van der Waals surface area contributed by atoms with Crippen LogP contribution in [0.25, 0.3) is 16.3 Å². The number of rotatable bonds is 5. The van der Waals surface area contributed by atoms with E-state index >= 15 is 0 Å². The third-order valence-electron chi connectivity index (χ3n) is 3.63. The van der Waals surface area contributed by atoms with Crippen LogP contribution >= 0.6 is 11.3 Å². The second-order valence-corrected chi connectivity index (χ2v) is 7.13. The quantitative estimate of drug-likeness (QED) is 0.652. The summed E-state index contributed by atoms with van der Waals surface area (Å²) in [5.41, 5.74) is 2.29. The highest BCUT2D eigenvalue weighted by Crippen LogP contribution is 2.22. The summed E-state index contributed by atoms with van der Waals surface area (Å²) < 4.78 is 1.09. The van der Waals surface area contributed by atoms with Gasteiger partial charge in [-0.2, -0.15) is 0 Å². The van der Waals surface area contributed by atoms with Gasteiger partial charge in [-0.1, -0.05) is 26.0 Å². The van der Waals surface area contributed by atoms with Crippen LogP contribution in [-0.4, -0.2) is 16.8 Å². The Morgan fingerprint density at radius 1 is 1.00 bits per heavy atom. The molecule has 0 aliphatic heterocycles. The van der Waals surface area contributed by atoms with Crippen molar-refractivity contribution in [2.24, 2.45) is 5.92 Å². The van der Waals surface area contributed by atoms with Gasteiger partial charge >= 0.3 is 0 Å². The van der Waals surface area contributed by atoms with Gasteiger partial charge in [0.1, 0.15) is 5.01 Å². The maximum absolute atomic E-state index is 12.1. The van der Waals surface area contributed by atoms with Crippen LogP contribution in [0.4, 0.5) is 11.4 Å². The summed E-state index contributed by atoms with van der Waals surface area (Å²) in [7, 11) is 0. The Labute approximate surface area is 155 Å². The van der Waals surface area contributed by atoms with Crippen molar-refractivity contribution in [1.29, 1.82) is 0 Å². The molecule has 0 bridgehead atoms. The van der Waals surface area contributed by atoms with Gasteiger partial charge in [0.05, 0.1) is 10.2 Å². The summed E-state index contributed by atoms with van der Waals surface area (Å²) in [6.07, 6.45) is 3.17. The molecule has 2 aromatic carbocycles. The van der Waals surface area contributed by atoms with Crippen LogP contribution in [0.1, 0.15) is 18.9 Å². The van der Waals surface area contributed by atoms with Gasteiger partial charge < -0.3 is 10.6 Å². The lowest BCUT2D eigenvalue weighted by molar-refractivity contribution is -0.119. The van der Waals surface area contributed by atoms with Crippen molar-refractivity contribution >= 4 is 50.8 Å². The van der Waals surface area contributed by atoms with Gasteiger partial charge in [0.2, 0.25) is 11.8 Å². The molecule has 1 heterocycles. The fraction of sp³-hybridized carbons (Fsp3) is 0.150. The Balaban J connectivity index is 1.59. The summed E-state index contributed by atoms with van der Waals surface area (Å²) in [4.78, 5) is 28.2. The van der Waals surface area contributed by atoms with Crippen molar-refractivity contribution in [3.8, 4) is 0 Å². The van der Waals surface area contributed by atoms with E-state index < -0.39 is 0 Å². The molecule has 0 atom stereocenters. The Morgan fingerprint density at radius 3 is 2.31 bits per heavy atom. The summed E-state index contributed by atoms with van der Waals surface area (Å²) in [5.74, 6) is -0.356. The minimum absolute atomic E-state index is 0.0412. The zero-order chi connectivity index (χ0) is 18.5. The van der Waals surface area contributed by atoms with Crippen molar-refractivity contribution in [3.63, 3.8) is 0 Å². The topological polar surface area (TPSA) is 71.1 Å². The van der Waals surface area contributed by atoms with Crippen LogP contribution in [0.2, 0.25) is 0 Å². The van der Waals surface area contributed by atoms with Crippen LogP contribution in [-0.2, 0) is 9.59 Å². The third kappa shape index (κ3) is 4.55. The van der Waals surface area contributed by atoms with Gasteiger partial charge in [0.15, 0.2) is 0 Å². The highest BCUT2D eigenvalue weighted by atomic mass is 32.1.